The topological polar surface area (TPSA) is 58.3 Å². The molecule has 4 nitrogen and oxygen atoms in total. The van der Waals surface area contributed by atoms with E-state index in [1.807, 2.05) is 60.2 Å². The van der Waals surface area contributed by atoms with Crippen molar-refractivity contribution >= 4 is 22.5 Å². The lowest BCUT2D eigenvalue weighted by Crippen LogP contribution is -2.28. The molecule has 22 heavy (non-hydrogen) atoms. The lowest BCUT2D eigenvalue weighted by atomic mass is 10.0. The van der Waals surface area contributed by atoms with Gasteiger partial charge in [0.2, 0.25) is 0 Å². The standard InChI is InChI=1S/C17H17ClN2O2/c1-11-9-13-7-8-20(16(13)17(18)19-11)15(14(22)10-21)12-5-3-2-4-6-12/h2-9,14-15,21-22H,10H2,1H3/t14-,15+/m1/s1. The number of aliphatic hydroxyl groups is 2. The summed E-state index contributed by atoms with van der Waals surface area (Å²) in [6.45, 7) is 1.55. The number of fused-ring (bicyclic) bond motifs is 1. The zero-order valence-corrected chi connectivity index (χ0v) is 12.9. The third kappa shape index (κ3) is 2.61. The molecule has 0 amide bonds. The first-order chi connectivity index (χ1) is 10.6. The molecule has 3 rings (SSSR count). The van der Waals surface area contributed by atoms with E-state index in [1.165, 1.54) is 0 Å². The first-order valence-corrected chi connectivity index (χ1v) is 7.47. The van der Waals surface area contributed by atoms with E-state index in [2.05, 4.69) is 4.98 Å². The monoisotopic (exact) mass is 316 g/mol. The van der Waals surface area contributed by atoms with Crippen LogP contribution in [0.4, 0.5) is 0 Å². The quantitative estimate of drug-likeness (QED) is 0.728. The minimum Gasteiger partial charge on any atom is -0.394 e. The maximum Gasteiger partial charge on any atom is 0.153 e. The summed E-state index contributed by atoms with van der Waals surface area (Å²) in [7, 11) is 0. The number of rotatable bonds is 4. The lowest BCUT2D eigenvalue weighted by molar-refractivity contribution is 0.0653. The smallest absolute Gasteiger partial charge is 0.153 e. The number of hydrogen-bond donors (Lipinski definition) is 2. The van der Waals surface area contributed by atoms with Crippen LogP contribution in [-0.2, 0) is 0 Å². The third-order valence-electron chi connectivity index (χ3n) is 3.77. The highest BCUT2D eigenvalue weighted by Crippen LogP contribution is 2.31. The molecule has 0 bridgehead atoms. The Labute approximate surface area is 133 Å². The Balaban J connectivity index is 2.21. The largest absolute Gasteiger partial charge is 0.394 e. The second-order valence-corrected chi connectivity index (χ2v) is 5.68. The van der Waals surface area contributed by atoms with E-state index in [1.54, 1.807) is 0 Å². The van der Waals surface area contributed by atoms with Gasteiger partial charge < -0.3 is 14.8 Å². The van der Waals surface area contributed by atoms with Gasteiger partial charge in [0.1, 0.15) is 6.10 Å². The number of nitrogens with zero attached hydrogens (tertiary/aromatic N) is 2. The molecule has 2 aromatic heterocycles. The zero-order chi connectivity index (χ0) is 15.7. The molecule has 0 unspecified atom stereocenters. The molecule has 2 atom stereocenters. The Morgan fingerprint density at radius 2 is 1.95 bits per heavy atom. The highest BCUT2D eigenvalue weighted by molar-refractivity contribution is 6.33. The lowest BCUT2D eigenvalue weighted by Gasteiger charge is -2.25. The average Bonchev–Trinajstić information content (AvgIpc) is 2.92. The van der Waals surface area contributed by atoms with Gasteiger partial charge in [0.25, 0.3) is 0 Å². The van der Waals surface area contributed by atoms with E-state index >= 15 is 0 Å². The highest BCUT2D eigenvalue weighted by Gasteiger charge is 2.24. The molecule has 0 aliphatic rings. The van der Waals surface area contributed by atoms with Gasteiger partial charge >= 0.3 is 0 Å². The van der Waals surface area contributed by atoms with Crippen molar-refractivity contribution in [3.05, 3.63) is 65.1 Å². The summed E-state index contributed by atoms with van der Waals surface area (Å²) in [5, 5.41) is 21.1. The van der Waals surface area contributed by atoms with Crippen molar-refractivity contribution < 1.29 is 10.2 Å². The van der Waals surface area contributed by atoms with Gasteiger partial charge in [0, 0.05) is 17.3 Å². The van der Waals surface area contributed by atoms with Crippen LogP contribution in [0.3, 0.4) is 0 Å². The maximum atomic E-state index is 10.3. The van der Waals surface area contributed by atoms with Crippen molar-refractivity contribution in [1.29, 1.82) is 0 Å². The van der Waals surface area contributed by atoms with Crippen LogP contribution in [0.15, 0.2) is 48.7 Å². The van der Waals surface area contributed by atoms with E-state index in [4.69, 9.17) is 11.6 Å². The van der Waals surface area contributed by atoms with Crippen molar-refractivity contribution in [2.45, 2.75) is 19.1 Å². The number of hydrogen-bond acceptors (Lipinski definition) is 3. The average molecular weight is 317 g/mol. The Morgan fingerprint density at radius 3 is 2.64 bits per heavy atom. The molecule has 0 saturated heterocycles. The van der Waals surface area contributed by atoms with Gasteiger partial charge in [-0.25, -0.2) is 4.98 Å². The van der Waals surface area contributed by atoms with Gasteiger partial charge in [-0.15, -0.1) is 0 Å². The van der Waals surface area contributed by atoms with Gasteiger partial charge in [-0.1, -0.05) is 41.9 Å². The summed E-state index contributed by atoms with van der Waals surface area (Å²) in [6.07, 6.45) is 0.934. The molecule has 0 aliphatic carbocycles. The fourth-order valence-corrected chi connectivity index (χ4v) is 3.16. The molecule has 0 saturated carbocycles. The fourth-order valence-electron chi connectivity index (χ4n) is 2.82. The first kappa shape index (κ1) is 15.0. The number of benzene rings is 1. The normalized spacial score (nSPS) is 14.2. The van der Waals surface area contributed by atoms with Crippen molar-refractivity contribution in [3.8, 4) is 0 Å². The van der Waals surface area contributed by atoms with Crippen LogP contribution in [0.25, 0.3) is 10.9 Å². The number of halogens is 1. The number of pyridine rings is 1. The Hall–Kier alpha value is -1.88. The van der Waals surface area contributed by atoms with Gasteiger partial charge in [-0.2, -0.15) is 0 Å². The molecular formula is C17H17ClN2O2. The van der Waals surface area contributed by atoms with Gasteiger partial charge in [0.15, 0.2) is 5.15 Å². The predicted molar refractivity (Wildman–Crippen MR) is 87.2 cm³/mol. The van der Waals surface area contributed by atoms with Gasteiger partial charge in [0.05, 0.1) is 18.2 Å². The van der Waals surface area contributed by atoms with E-state index < -0.39 is 12.1 Å². The van der Waals surface area contributed by atoms with Gasteiger partial charge in [-0.3, -0.25) is 0 Å². The van der Waals surface area contributed by atoms with Crippen LogP contribution in [0.1, 0.15) is 17.3 Å². The summed E-state index contributed by atoms with van der Waals surface area (Å²) < 4.78 is 1.88. The second kappa shape index (κ2) is 6.08. The Kier molecular flexibility index (Phi) is 4.16. The maximum absolute atomic E-state index is 10.3. The van der Waals surface area contributed by atoms with Crippen molar-refractivity contribution in [3.63, 3.8) is 0 Å². The van der Waals surface area contributed by atoms with Crippen LogP contribution in [-0.4, -0.2) is 32.5 Å². The summed E-state index contributed by atoms with van der Waals surface area (Å²) in [5.41, 5.74) is 2.50. The van der Waals surface area contributed by atoms with E-state index in [9.17, 15) is 10.2 Å². The highest BCUT2D eigenvalue weighted by atomic mass is 35.5. The zero-order valence-electron chi connectivity index (χ0n) is 12.1. The second-order valence-electron chi connectivity index (χ2n) is 5.32. The summed E-state index contributed by atoms with van der Waals surface area (Å²) >= 11 is 6.31. The van der Waals surface area contributed by atoms with Crippen LogP contribution in [0, 0.1) is 6.92 Å². The van der Waals surface area contributed by atoms with Crippen LogP contribution < -0.4 is 0 Å². The van der Waals surface area contributed by atoms with Crippen molar-refractivity contribution in [2.75, 3.05) is 6.61 Å². The number of aliphatic hydroxyl groups excluding tert-OH is 2. The SMILES string of the molecule is Cc1cc2ccn([C@@H](c3ccccc3)[C@H](O)CO)c2c(Cl)n1. The summed E-state index contributed by atoms with van der Waals surface area (Å²) in [5.74, 6) is 0. The minimum absolute atomic E-state index is 0.337. The Bertz CT molecular complexity index is 786. The van der Waals surface area contributed by atoms with Crippen LogP contribution in [0.2, 0.25) is 5.15 Å². The molecule has 3 aromatic rings. The Morgan fingerprint density at radius 1 is 1.23 bits per heavy atom. The van der Waals surface area contributed by atoms with Crippen molar-refractivity contribution in [1.82, 2.24) is 9.55 Å². The molecule has 5 heteroatoms. The third-order valence-corrected chi connectivity index (χ3v) is 4.04. The molecule has 2 heterocycles. The van der Waals surface area contributed by atoms with E-state index in [0.29, 0.717) is 5.15 Å². The molecule has 1 aromatic carbocycles. The van der Waals surface area contributed by atoms with E-state index in [-0.39, 0.29) is 6.61 Å². The molecule has 0 aliphatic heterocycles. The number of aryl methyl sites for hydroxylation is 1. The molecule has 0 spiro atoms. The minimum atomic E-state index is -0.935. The van der Waals surface area contributed by atoms with E-state index in [0.717, 1.165) is 22.2 Å². The summed E-state index contributed by atoms with van der Waals surface area (Å²) in [6, 6.07) is 13.0. The molecule has 0 fully saturated rings. The molecule has 114 valence electrons. The molecule has 2 N–H and O–H groups in total. The fraction of sp³-hybridized carbons (Fsp3) is 0.235. The molecule has 0 radical (unpaired) electrons. The van der Waals surface area contributed by atoms with Crippen LogP contribution in [0.5, 0.6) is 0 Å². The number of aromatic nitrogens is 2. The molecular weight excluding hydrogens is 300 g/mol. The first-order valence-electron chi connectivity index (χ1n) is 7.09. The van der Waals surface area contributed by atoms with Crippen LogP contribution >= 0.6 is 11.6 Å². The predicted octanol–water partition coefficient (Wildman–Crippen LogP) is 2.94. The summed E-state index contributed by atoms with van der Waals surface area (Å²) in [4.78, 5) is 4.30. The van der Waals surface area contributed by atoms with Crippen molar-refractivity contribution in [2.24, 2.45) is 0 Å². The van der Waals surface area contributed by atoms with Gasteiger partial charge in [-0.05, 0) is 24.6 Å².